The molecule has 1 aliphatic rings. The number of piperidine rings is 1. The summed E-state index contributed by atoms with van der Waals surface area (Å²) in [4.78, 5) is 7.01. The zero-order chi connectivity index (χ0) is 20.2. The highest BCUT2D eigenvalue weighted by Gasteiger charge is 2.15. The molecule has 1 fully saturated rings. The number of hydrogen-bond donors (Lipinski definition) is 2. The van der Waals surface area contributed by atoms with Gasteiger partial charge in [-0.05, 0) is 74.1 Å². The molecule has 0 bridgehead atoms. The summed E-state index contributed by atoms with van der Waals surface area (Å²) in [5.41, 5.74) is 5.65. The van der Waals surface area contributed by atoms with Gasteiger partial charge in [-0.25, -0.2) is 0 Å². The van der Waals surface area contributed by atoms with Crippen LogP contribution in [0.15, 0.2) is 48.7 Å². The van der Waals surface area contributed by atoms with Crippen LogP contribution in [0.3, 0.4) is 0 Å². The zero-order valence-electron chi connectivity index (χ0n) is 17.3. The molecular weight excluding hydrogens is 360 g/mol. The van der Waals surface area contributed by atoms with E-state index in [0.717, 1.165) is 30.4 Å². The largest absolute Gasteiger partial charge is 0.372 e. The number of rotatable bonds is 5. The molecule has 1 saturated heterocycles. The van der Waals surface area contributed by atoms with Gasteiger partial charge in [0.15, 0.2) is 5.82 Å². The molecule has 4 rings (SSSR count). The van der Waals surface area contributed by atoms with Gasteiger partial charge in [0.05, 0.1) is 6.20 Å². The molecule has 1 aliphatic heterocycles. The van der Waals surface area contributed by atoms with Crippen molar-refractivity contribution in [2.75, 3.05) is 28.6 Å². The van der Waals surface area contributed by atoms with Gasteiger partial charge in [0.1, 0.15) is 0 Å². The Hall–Kier alpha value is -3.15. The zero-order valence-corrected chi connectivity index (χ0v) is 17.3. The number of aryl methyl sites for hydroxylation is 1. The molecule has 6 nitrogen and oxygen atoms in total. The Labute approximate surface area is 172 Å². The Bertz CT molecular complexity index is 961. The first-order chi connectivity index (χ1) is 14.1. The highest BCUT2D eigenvalue weighted by Crippen LogP contribution is 2.26. The van der Waals surface area contributed by atoms with Gasteiger partial charge in [0.25, 0.3) is 0 Å². The van der Waals surface area contributed by atoms with Crippen molar-refractivity contribution in [1.29, 1.82) is 0 Å². The van der Waals surface area contributed by atoms with Crippen LogP contribution in [0, 0.1) is 19.8 Å². The average Bonchev–Trinajstić information content (AvgIpc) is 2.73. The second-order valence-corrected chi connectivity index (χ2v) is 7.88. The molecule has 2 aromatic carbocycles. The number of anilines is 5. The van der Waals surface area contributed by atoms with Crippen molar-refractivity contribution in [2.24, 2.45) is 5.92 Å². The number of nitrogens with one attached hydrogen (secondary N) is 2. The second-order valence-electron chi connectivity index (χ2n) is 7.88. The SMILES string of the molecule is Cc1cccc(Nc2nncc(Nc3ccc(N4CCC(C)CC4)cc3)n2)c1C. The molecule has 29 heavy (non-hydrogen) atoms. The fourth-order valence-electron chi connectivity index (χ4n) is 3.59. The normalized spacial score (nSPS) is 14.7. The monoisotopic (exact) mass is 388 g/mol. The topological polar surface area (TPSA) is 66.0 Å². The Morgan fingerprint density at radius 2 is 1.72 bits per heavy atom. The predicted octanol–water partition coefficient (Wildman–Crippen LogP) is 5.21. The maximum Gasteiger partial charge on any atom is 0.249 e. The molecule has 0 saturated carbocycles. The van der Waals surface area contributed by atoms with Crippen molar-refractivity contribution in [3.8, 4) is 0 Å². The fraction of sp³-hybridized carbons (Fsp3) is 0.348. The van der Waals surface area contributed by atoms with E-state index in [4.69, 9.17) is 0 Å². The van der Waals surface area contributed by atoms with Gasteiger partial charge in [0.2, 0.25) is 5.95 Å². The second kappa shape index (κ2) is 8.47. The first-order valence-corrected chi connectivity index (χ1v) is 10.2. The van der Waals surface area contributed by atoms with E-state index in [1.54, 1.807) is 6.20 Å². The lowest BCUT2D eigenvalue weighted by atomic mass is 9.99. The Morgan fingerprint density at radius 1 is 0.966 bits per heavy atom. The van der Waals surface area contributed by atoms with Crippen molar-refractivity contribution in [2.45, 2.75) is 33.6 Å². The lowest BCUT2D eigenvalue weighted by molar-refractivity contribution is 0.438. The van der Waals surface area contributed by atoms with Crippen molar-refractivity contribution in [1.82, 2.24) is 15.2 Å². The highest BCUT2D eigenvalue weighted by molar-refractivity contribution is 5.63. The van der Waals surface area contributed by atoms with E-state index in [0.29, 0.717) is 11.8 Å². The number of nitrogens with zero attached hydrogens (tertiary/aromatic N) is 4. The number of hydrogen-bond acceptors (Lipinski definition) is 6. The molecule has 0 unspecified atom stereocenters. The van der Waals surface area contributed by atoms with E-state index < -0.39 is 0 Å². The third-order valence-electron chi connectivity index (χ3n) is 5.70. The van der Waals surface area contributed by atoms with E-state index in [-0.39, 0.29) is 0 Å². The van der Waals surface area contributed by atoms with E-state index in [2.05, 4.69) is 81.8 Å². The standard InChI is InChI=1S/C23H28N6/c1-16-11-13-29(14-12-16)20-9-7-19(8-10-20)25-22-15-24-28-23(27-22)26-21-6-4-5-17(2)18(21)3/h4-10,15-16H,11-14H2,1-3H3,(H2,25,26,27,28). The minimum absolute atomic E-state index is 0.475. The van der Waals surface area contributed by atoms with Crippen LogP contribution in [0.2, 0.25) is 0 Å². The minimum Gasteiger partial charge on any atom is -0.372 e. The van der Waals surface area contributed by atoms with Crippen LogP contribution in [-0.2, 0) is 0 Å². The number of benzene rings is 2. The molecule has 3 aromatic rings. The van der Waals surface area contributed by atoms with Crippen molar-refractivity contribution < 1.29 is 0 Å². The van der Waals surface area contributed by atoms with Crippen molar-refractivity contribution in [3.05, 3.63) is 59.8 Å². The summed E-state index contributed by atoms with van der Waals surface area (Å²) < 4.78 is 0. The van der Waals surface area contributed by atoms with Crippen LogP contribution in [-0.4, -0.2) is 28.3 Å². The van der Waals surface area contributed by atoms with Crippen molar-refractivity contribution in [3.63, 3.8) is 0 Å². The van der Waals surface area contributed by atoms with Gasteiger partial charge in [-0.2, -0.15) is 10.1 Å². The first-order valence-electron chi connectivity index (χ1n) is 10.2. The third-order valence-corrected chi connectivity index (χ3v) is 5.70. The van der Waals surface area contributed by atoms with E-state index in [9.17, 15) is 0 Å². The van der Waals surface area contributed by atoms with Gasteiger partial charge in [-0.15, -0.1) is 5.10 Å². The van der Waals surface area contributed by atoms with Crippen LogP contribution in [0.5, 0.6) is 0 Å². The molecule has 6 heteroatoms. The van der Waals surface area contributed by atoms with Crippen molar-refractivity contribution >= 4 is 28.8 Å². The van der Waals surface area contributed by atoms with Gasteiger partial charge in [-0.3, -0.25) is 0 Å². The quantitative estimate of drug-likeness (QED) is 0.625. The lowest BCUT2D eigenvalue weighted by Gasteiger charge is -2.32. The summed E-state index contributed by atoms with van der Waals surface area (Å²) >= 11 is 0. The maximum absolute atomic E-state index is 4.55. The summed E-state index contributed by atoms with van der Waals surface area (Å²) in [5, 5.41) is 14.8. The molecular formula is C23H28N6. The van der Waals surface area contributed by atoms with Crippen LogP contribution in [0.4, 0.5) is 28.8 Å². The molecule has 150 valence electrons. The van der Waals surface area contributed by atoms with Crippen LogP contribution in [0.25, 0.3) is 0 Å². The molecule has 0 spiro atoms. The Balaban J connectivity index is 1.43. The summed E-state index contributed by atoms with van der Waals surface area (Å²) in [7, 11) is 0. The summed E-state index contributed by atoms with van der Waals surface area (Å²) in [5.74, 6) is 1.97. The van der Waals surface area contributed by atoms with Gasteiger partial charge < -0.3 is 15.5 Å². The minimum atomic E-state index is 0.475. The summed E-state index contributed by atoms with van der Waals surface area (Å²) in [6.07, 6.45) is 4.17. The van der Waals surface area contributed by atoms with Crippen LogP contribution >= 0.6 is 0 Å². The average molecular weight is 389 g/mol. The maximum atomic E-state index is 4.55. The number of aromatic nitrogens is 3. The van der Waals surface area contributed by atoms with E-state index >= 15 is 0 Å². The van der Waals surface area contributed by atoms with Crippen LogP contribution < -0.4 is 15.5 Å². The lowest BCUT2D eigenvalue weighted by Crippen LogP contribution is -2.32. The van der Waals surface area contributed by atoms with Crippen LogP contribution in [0.1, 0.15) is 30.9 Å². The van der Waals surface area contributed by atoms with Gasteiger partial charge >= 0.3 is 0 Å². The summed E-state index contributed by atoms with van der Waals surface area (Å²) in [6.45, 7) is 8.78. The van der Waals surface area contributed by atoms with Gasteiger partial charge in [0, 0.05) is 30.2 Å². The molecule has 0 amide bonds. The highest BCUT2D eigenvalue weighted by atomic mass is 15.3. The molecule has 1 aromatic heterocycles. The van der Waals surface area contributed by atoms with Gasteiger partial charge in [-0.1, -0.05) is 19.1 Å². The third kappa shape index (κ3) is 4.65. The first kappa shape index (κ1) is 19.2. The molecule has 0 atom stereocenters. The predicted molar refractivity (Wildman–Crippen MR) is 119 cm³/mol. The smallest absolute Gasteiger partial charge is 0.249 e. The van der Waals surface area contributed by atoms with E-state index in [1.807, 2.05) is 12.1 Å². The van der Waals surface area contributed by atoms with E-state index in [1.165, 1.54) is 29.7 Å². The Kier molecular flexibility index (Phi) is 5.60. The molecule has 2 heterocycles. The fourth-order valence-corrected chi connectivity index (χ4v) is 3.59. The molecule has 2 N–H and O–H groups in total. The molecule has 0 radical (unpaired) electrons. The summed E-state index contributed by atoms with van der Waals surface area (Å²) in [6, 6.07) is 14.6. The Morgan fingerprint density at radius 3 is 2.48 bits per heavy atom. The molecule has 0 aliphatic carbocycles.